The predicted octanol–water partition coefficient (Wildman–Crippen LogP) is 4.47. The van der Waals surface area contributed by atoms with E-state index in [1.165, 1.54) is 29.5 Å². The van der Waals surface area contributed by atoms with Gasteiger partial charge in [-0.2, -0.15) is 0 Å². The van der Waals surface area contributed by atoms with Gasteiger partial charge in [-0.25, -0.2) is 9.50 Å². The summed E-state index contributed by atoms with van der Waals surface area (Å²) >= 11 is 3.06. The molecule has 0 saturated carbocycles. The number of hydrogen-bond acceptors (Lipinski definition) is 5. The second-order valence-electron chi connectivity index (χ2n) is 4.23. The van der Waals surface area contributed by atoms with Gasteiger partial charge in [-0.15, -0.1) is 18.3 Å². The fraction of sp³-hybridized carbons (Fsp3) is 0.231. The van der Waals surface area contributed by atoms with Crippen LogP contribution in [0.2, 0.25) is 0 Å². The number of nitrogens with zero attached hydrogens (tertiary/aromatic N) is 3. The molecular weight excluding hydrogens is 335 g/mol. The molecule has 0 aliphatic heterocycles. The lowest BCUT2D eigenvalue weighted by Gasteiger charge is -2.09. The Morgan fingerprint density at radius 2 is 2.18 bits per heavy atom. The molecule has 116 valence electrons. The van der Waals surface area contributed by atoms with Crippen molar-refractivity contribution in [2.45, 2.75) is 17.6 Å². The third-order valence-corrected chi connectivity index (χ3v) is 4.59. The Kier molecular flexibility index (Phi) is 4.00. The van der Waals surface area contributed by atoms with Crippen LogP contribution >= 0.6 is 23.1 Å². The molecule has 9 heteroatoms. The Morgan fingerprint density at radius 1 is 1.36 bits per heavy atom. The van der Waals surface area contributed by atoms with Crippen LogP contribution in [0.4, 0.5) is 13.2 Å². The number of alkyl halides is 3. The van der Waals surface area contributed by atoms with Crippen LogP contribution in [0, 0.1) is 0 Å². The molecule has 0 bridgehead atoms. The lowest BCUT2D eigenvalue weighted by atomic mass is 10.1. The van der Waals surface area contributed by atoms with Crippen LogP contribution < -0.4 is 4.74 Å². The molecule has 1 aromatic carbocycles. The van der Waals surface area contributed by atoms with E-state index in [4.69, 9.17) is 0 Å². The first-order valence-corrected chi connectivity index (χ1v) is 8.10. The molecule has 0 aliphatic carbocycles. The molecule has 0 saturated heterocycles. The molecule has 2 heterocycles. The van der Waals surface area contributed by atoms with Crippen molar-refractivity contribution in [3.05, 3.63) is 30.5 Å². The number of benzene rings is 1. The van der Waals surface area contributed by atoms with Crippen molar-refractivity contribution in [2.24, 2.45) is 0 Å². The summed E-state index contributed by atoms with van der Waals surface area (Å²) < 4.78 is 43.2. The first-order valence-electron chi connectivity index (χ1n) is 6.30. The number of hydrogen-bond donors (Lipinski definition) is 0. The van der Waals surface area contributed by atoms with E-state index in [0.717, 1.165) is 10.1 Å². The monoisotopic (exact) mass is 345 g/mol. The lowest BCUT2D eigenvalue weighted by Crippen LogP contribution is -2.17. The molecule has 0 atom stereocenters. The third-order valence-electron chi connectivity index (χ3n) is 2.66. The molecule has 0 amide bonds. The minimum absolute atomic E-state index is 0.267. The molecule has 0 radical (unpaired) electrons. The zero-order valence-corrected chi connectivity index (χ0v) is 12.9. The number of rotatable bonds is 4. The largest absolute Gasteiger partial charge is 0.573 e. The topological polar surface area (TPSA) is 39.4 Å². The Balaban J connectivity index is 1.90. The maximum absolute atomic E-state index is 12.3. The first kappa shape index (κ1) is 15.2. The zero-order valence-electron chi connectivity index (χ0n) is 11.3. The van der Waals surface area contributed by atoms with Crippen molar-refractivity contribution in [3.63, 3.8) is 0 Å². The van der Waals surface area contributed by atoms with E-state index >= 15 is 0 Å². The van der Waals surface area contributed by atoms with E-state index in [-0.39, 0.29) is 5.75 Å². The van der Waals surface area contributed by atoms with Gasteiger partial charge in [-0.3, -0.25) is 0 Å². The number of aromatic nitrogens is 3. The second-order valence-corrected chi connectivity index (χ2v) is 6.70. The van der Waals surface area contributed by atoms with E-state index < -0.39 is 6.36 Å². The van der Waals surface area contributed by atoms with Crippen LogP contribution in [0.1, 0.15) is 6.92 Å². The van der Waals surface area contributed by atoms with E-state index in [1.54, 1.807) is 28.5 Å². The second kappa shape index (κ2) is 5.81. The third kappa shape index (κ3) is 3.36. The van der Waals surface area contributed by atoms with Gasteiger partial charge in [0.05, 0.1) is 11.9 Å². The van der Waals surface area contributed by atoms with Gasteiger partial charge in [0.25, 0.3) is 0 Å². The molecule has 0 unspecified atom stereocenters. The zero-order chi connectivity index (χ0) is 15.7. The quantitative estimate of drug-likeness (QED) is 0.654. The minimum Gasteiger partial charge on any atom is -0.406 e. The lowest BCUT2D eigenvalue weighted by molar-refractivity contribution is -0.274. The van der Waals surface area contributed by atoms with Crippen LogP contribution in [0.15, 0.2) is 34.8 Å². The average molecular weight is 345 g/mol. The fourth-order valence-corrected chi connectivity index (χ4v) is 3.68. The highest BCUT2D eigenvalue weighted by Crippen LogP contribution is 2.30. The smallest absolute Gasteiger partial charge is 0.406 e. The molecule has 3 rings (SSSR count). The highest BCUT2D eigenvalue weighted by atomic mass is 32.2. The summed E-state index contributed by atoms with van der Waals surface area (Å²) in [5.41, 5.74) is 1.10. The number of fused-ring (bicyclic) bond motifs is 1. The summed E-state index contributed by atoms with van der Waals surface area (Å²) in [5.74, 6) is 0.650. The van der Waals surface area contributed by atoms with Gasteiger partial charge in [0, 0.05) is 5.56 Å². The normalized spacial score (nSPS) is 12.0. The number of thioether (sulfide) groups is 1. The van der Waals surface area contributed by atoms with Crippen LogP contribution in [-0.2, 0) is 0 Å². The summed E-state index contributed by atoms with van der Waals surface area (Å²) in [6.45, 7) is 2.03. The Labute approximate surface area is 131 Å². The van der Waals surface area contributed by atoms with E-state index in [2.05, 4.69) is 14.8 Å². The fourth-order valence-electron chi connectivity index (χ4n) is 1.86. The van der Waals surface area contributed by atoms with Crippen molar-refractivity contribution in [3.8, 4) is 17.0 Å². The van der Waals surface area contributed by atoms with Gasteiger partial charge in [0.1, 0.15) is 5.75 Å². The van der Waals surface area contributed by atoms with Crippen molar-refractivity contribution in [2.75, 3.05) is 5.75 Å². The predicted molar refractivity (Wildman–Crippen MR) is 79.4 cm³/mol. The van der Waals surface area contributed by atoms with Crippen molar-refractivity contribution < 1.29 is 17.9 Å². The number of ether oxygens (including phenoxy) is 1. The van der Waals surface area contributed by atoms with E-state index in [1.807, 2.05) is 6.92 Å². The summed E-state index contributed by atoms with van der Waals surface area (Å²) in [6.07, 6.45) is -3.01. The Hall–Kier alpha value is -1.74. The highest BCUT2D eigenvalue weighted by molar-refractivity contribution is 8.01. The standard InChI is InChI=1S/C13H10F3N3OS2/c1-2-21-12-18-19-7-10(17-11(19)22-12)8-4-3-5-9(6-8)20-13(14,15)16/h3-7H,2H2,1H3. The molecule has 2 aromatic heterocycles. The first-order chi connectivity index (χ1) is 10.4. The molecule has 22 heavy (non-hydrogen) atoms. The van der Waals surface area contributed by atoms with Crippen LogP contribution in [0.5, 0.6) is 5.75 Å². The van der Waals surface area contributed by atoms with Gasteiger partial charge in [-0.05, 0) is 17.9 Å². The maximum atomic E-state index is 12.3. The molecule has 0 fully saturated rings. The highest BCUT2D eigenvalue weighted by Gasteiger charge is 2.31. The van der Waals surface area contributed by atoms with Crippen LogP contribution in [0.25, 0.3) is 16.2 Å². The molecular formula is C13H10F3N3OS2. The van der Waals surface area contributed by atoms with Gasteiger partial charge in [-0.1, -0.05) is 42.2 Å². The van der Waals surface area contributed by atoms with Crippen molar-refractivity contribution >= 4 is 28.1 Å². The molecule has 0 spiro atoms. The maximum Gasteiger partial charge on any atom is 0.573 e. The molecule has 0 N–H and O–H groups in total. The summed E-state index contributed by atoms with van der Waals surface area (Å²) in [6, 6.07) is 5.73. The minimum atomic E-state index is -4.71. The molecule has 3 aromatic rings. The SMILES string of the molecule is CCSc1nn2cc(-c3cccc(OC(F)(F)F)c3)nc2s1. The van der Waals surface area contributed by atoms with Gasteiger partial charge in [0.2, 0.25) is 4.96 Å². The van der Waals surface area contributed by atoms with Gasteiger partial charge < -0.3 is 4.74 Å². The number of imidazole rings is 1. The van der Waals surface area contributed by atoms with E-state index in [9.17, 15) is 13.2 Å². The number of halogens is 3. The Bertz CT molecular complexity index is 766. The van der Waals surface area contributed by atoms with Crippen molar-refractivity contribution in [1.82, 2.24) is 14.6 Å². The van der Waals surface area contributed by atoms with Gasteiger partial charge >= 0.3 is 6.36 Å². The van der Waals surface area contributed by atoms with Crippen LogP contribution in [0.3, 0.4) is 0 Å². The average Bonchev–Trinajstić information content (AvgIpc) is 2.95. The van der Waals surface area contributed by atoms with Crippen LogP contribution in [-0.4, -0.2) is 26.7 Å². The molecule has 4 nitrogen and oxygen atoms in total. The summed E-state index contributed by atoms with van der Waals surface area (Å²) in [5, 5.41) is 4.35. The van der Waals surface area contributed by atoms with Gasteiger partial charge in [0.15, 0.2) is 4.34 Å². The van der Waals surface area contributed by atoms with E-state index in [0.29, 0.717) is 16.2 Å². The Morgan fingerprint density at radius 3 is 2.86 bits per heavy atom. The summed E-state index contributed by atoms with van der Waals surface area (Å²) in [7, 11) is 0. The van der Waals surface area contributed by atoms with Crippen molar-refractivity contribution in [1.29, 1.82) is 0 Å². The summed E-state index contributed by atoms with van der Waals surface area (Å²) in [4.78, 5) is 5.09. The molecule has 0 aliphatic rings.